The summed E-state index contributed by atoms with van der Waals surface area (Å²) in [5.74, 6) is -5.82. The Labute approximate surface area is 158 Å². The summed E-state index contributed by atoms with van der Waals surface area (Å²) in [4.78, 5) is 22.4. The van der Waals surface area contributed by atoms with E-state index in [-0.39, 0.29) is 5.56 Å². The van der Waals surface area contributed by atoms with Crippen LogP contribution in [0.25, 0.3) is 0 Å². The van der Waals surface area contributed by atoms with Crippen molar-refractivity contribution in [2.75, 3.05) is 11.9 Å². The monoisotopic (exact) mass is 450 g/mol. The summed E-state index contributed by atoms with van der Waals surface area (Å²) in [7, 11) is 0. The van der Waals surface area contributed by atoms with E-state index in [1.165, 1.54) is 0 Å². The van der Waals surface area contributed by atoms with Gasteiger partial charge >= 0.3 is 18.0 Å². The molecule has 0 atom stereocenters. The molecule has 6 nitrogen and oxygen atoms in total. The predicted molar refractivity (Wildman–Crippen MR) is 91.6 cm³/mol. The number of halogens is 5. The zero-order valence-corrected chi connectivity index (χ0v) is 14.9. The normalized spacial score (nSPS) is 11.3. The number of carbonyl (C=O) groups excluding carboxylic acids is 1. The average molecular weight is 451 g/mol. The first-order chi connectivity index (χ1) is 12.6. The molecule has 2 rings (SSSR count). The maximum atomic E-state index is 12.9. The molecule has 2 aromatic carbocycles. The third-order valence-corrected chi connectivity index (χ3v) is 3.97. The number of nitro groups is 1. The van der Waals surface area contributed by atoms with E-state index < -0.39 is 41.2 Å². The molecule has 0 radical (unpaired) electrons. The Kier molecular flexibility index (Phi) is 6.37. The van der Waals surface area contributed by atoms with E-state index in [4.69, 9.17) is 0 Å². The number of nitro benzene ring substituents is 1. The smallest absolute Gasteiger partial charge is 0.340 e. The number of anilines is 1. The number of ether oxygens (including phenoxy) is 1. The van der Waals surface area contributed by atoms with Crippen LogP contribution in [0.5, 0.6) is 5.75 Å². The maximum Gasteiger partial charge on any atom is 0.340 e. The minimum Gasteiger partial charge on any atom is -0.480 e. The Morgan fingerprint density at radius 3 is 2.52 bits per heavy atom. The van der Waals surface area contributed by atoms with Crippen LogP contribution in [0, 0.1) is 10.1 Å². The number of hydrogen-bond acceptors (Lipinski definition) is 4. The third-order valence-electron chi connectivity index (χ3n) is 3.28. The Morgan fingerprint density at radius 1 is 1.26 bits per heavy atom. The van der Waals surface area contributed by atoms with Gasteiger partial charge in [-0.2, -0.15) is 8.78 Å². The summed E-state index contributed by atoms with van der Waals surface area (Å²) in [6.45, 7) is -1.74. The van der Waals surface area contributed by atoms with Gasteiger partial charge in [0.1, 0.15) is 0 Å². The number of alkyl halides is 4. The van der Waals surface area contributed by atoms with Crippen molar-refractivity contribution in [1.29, 1.82) is 0 Å². The fraction of sp³-hybridized carbons (Fsp3) is 0.188. The van der Waals surface area contributed by atoms with Gasteiger partial charge in [0.15, 0.2) is 12.4 Å². The highest BCUT2D eigenvalue weighted by Gasteiger charge is 2.42. The summed E-state index contributed by atoms with van der Waals surface area (Å²) >= 11 is 3.22. The summed E-state index contributed by atoms with van der Waals surface area (Å²) in [6, 6.07) is 9.42. The number of nitrogens with one attached hydrogen (secondary N) is 1. The molecule has 0 fully saturated rings. The van der Waals surface area contributed by atoms with Gasteiger partial charge in [-0.1, -0.05) is 12.1 Å². The number of hydrogen-bond donors (Lipinski definition) is 1. The fourth-order valence-corrected chi connectivity index (χ4v) is 2.30. The van der Waals surface area contributed by atoms with Gasteiger partial charge in [0.05, 0.1) is 10.6 Å². The van der Waals surface area contributed by atoms with E-state index in [1.807, 2.05) is 0 Å². The Bertz CT molecular complexity index is 864. The second kappa shape index (κ2) is 8.33. The molecule has 144 valence electrons. The summed E-state index contributed by atoms with van der Waals surface area (Å²) in [6.07, 6.45) is -3.98. The number of para-hydroxylation sites is 1. The molecule has 0 bridgehead atoms. The molecule has 0 saturated carbocycles. The van der Waals surface area contributed by atoms with Gasteiger partial charge in [-0.3, -0.25) is 14.9 Å². The van der Waals surface area contributed by atoms with Crippen molar-refractivity contribution in [2.24, 2.45) is 0 Å². The van der Waals surface area contributed by atoms with Crippen LogP contribution in [-0.4, -0.2) is 29.8 Å². The molecule has 0 aliphatic carbocycles. The fourth-order valence-electron chi connectivity index (χ4n) is 1.92. The minimum absolute atomic E-state index is 0.148. The largest absolute Gasteiger partial charge is 0.480 e. The number of amides is 1. The molecule has 0 saturated heterocycles. The molecule has 0 spiro atoms. The van der Waals surface area contributed by atoms with Gasteiger partial charge in [0, 0.05) is 16.1 Å². The van der Waals surface area contributed by atoms with Crippen molar-refractivity contribution < 1.29 is 32.0 Å². The number of benzene rings is 2. The molecule has 2 aromatic rings. The van der Waals surface area contributed by atoms with E-state index in [0.717, 1.165) is 18.2 Å². The summed E-state index contributed by atoms with van der Waals surface area (Å²) in [5.41, 5.74) is -0.549. The Hall–Kier alpha value is -2.69. The summed E-state index contributed by atoms with van der Waals surface area (Å²) < 4.78 is 55.3. The van der Waals surface area contributed by atoms with Gasteiger partial charge in [0.2, 0.25) is 0 Å². The van der Waals surface area contributed by atoms with Crippen LogP contribution in [-0.2, 0) is 0 Å². The predicted octanol–water partition coefficient (Wildman–Crippen LogP) is 4.89. The van der Waals surface area contributed by atoms with Gasteiger partial charge in [0.25, 0.3) is 5.91 Å². The molecular weight excluding hydrogens is 440 g/mol. The molecule has 27 heavy (non-hydrogen) atoms. The standard InChI is InChI=1S/C16H11BrF4N2O4/c17-10-3-1-2-4-11(10)22-14(24)9-5-6-13(12(7-9)23(25)26)27-8-16(20,21)15(18)19/h1-7,15H,8H2,(H,22,24). The Morgan fingerprint density at radius 2 is 1.93 bits per heavy atom. The van der Waals surface area contributed by atoms with Gasteiger partial charge in [-0.15, -0.1) is 0 Å². The minimum atomic E-state index is -4.47. The molecule has 0 unspecified atom stereocenters. The van der Waals surface area contributed by atoms with Crippen LogP contribution in [0.15, 0.2) is 46.9 Å². The highest BCUT2D eigenvalue weighted by molar-refractivity contribution is 9.10. The van der Waals surface area contributed by atoms with Crippen LogP contribution >= 0.6 is 15.9 Å². The lowest BCUT2D eigenvalue weighted by Crippen LogP contribution is -2.33. The second-order valence-electron chi connectivity index (χ2n) is 5.22. The van der Waals surface area contributed by atoms with Gasteiger partial charge in [-0.05, 0) is 40.2 Å². The molecule has 11 heteroatoms. The zero-order valence-electron chi connectivity index (χ0n) is 13.3. The van der Waals surface area contributed by atoms with Crippen LogP contribution in [0.2, 0.25) is 0 Å². The number of rotatable bonds is 7. The lowest BCUT2D eigenvalue weighted by molar-refractivity contribution is -0.386. The van der Waals surface area contributed by atoms with Gasteiger partial charge < -0.3 is 10.1 Å². The van der Waals surface area contributed by atoms with Crippen molar-refractivity contribution in [2.45, 2.75) is 12.3 Å². The van der Waals surface area contributed by atoms with Crippen molar-refractivity contribution >= 4 is 33.2 Å². The average Bonchev–Trinajstić information content (AvgIpc) is 2.61. The molecule has 1 amide bonds. The highest BCUT2D eigenvalue weighted by Crippen LogP contribution is 2.31. The van der Waals surface area contributed by atoms with E-state index in [0.29, 0.717) is 10.2 Å². The van der Waals surface area contributed by atoms with E-state index in [2.05, 4.69) is 26.0 Å². The molecule has 0 aromatic heterocycles. The first-order valence-corrected chi connectivity index (χ1v) is 8.04. The van der Waals surface area contributed by atoms with E-state index in [1.54, 1.807) is 24.3 Å². The molecule has 1 N–H and O–H groups in total. The maximum absolute atomic E-state index is 12.9. The van der Waals surface area contributed by atoms with Crippen molar-refractivity contribution in [1.82, 2.24) is 0 Å². The quantitative estimate of drug-likeness (QED) is 0.370. The van der Waals surface area contributed by atoms with E-state index >= 15 is 0 Å². The first-order valence-electron chi connectivity index (χ1n) is 7.25. The third kappa shape index (κ3) is 5.16. The Balaban J connectivity index is 2.23. The second-order valence-corrected chi connectivity index (χ2v) is 6.08. The van der Waals surface area contributed by atoms with E-state index in [9.17, 15) is 32.5 Å². The van der Waals surface area contributed by atoms with Crippen LogP contribution in [0.1, 0.15) is 10.4 Å². The van der Waals surface area contributed by atoms with Crippen LogP contribution < -0.4 is 10.1 Å². The topological polar surface area (TPSA) is 81.5 Å². The molecule has 0 heterocycles. The van der Waals surface area contributed by atoms with Crippen LogP contribution in [0.4, 0.5) is 28.9 Å². The lowest BCUT2D eigenvalue weighted by atomic mass is 10.1. The summed E-state index contributed by atoms with van der Waals surface area (Å²) in [5, 5.41) is 13.6. The molecular formula is C16H11BrF4N2O4. The first kappa shape index (κ1) is 20.6. The number of nitrogens with zero attached hydrogens (tertiary/aromatic N) is 1. The van der Waals surface area contributed by atoms with Crippen molar-refractivity contribution in [3.8, 4) is 5.75 Å². The van der Waals surface area contributed by atoms with Crippen LogP contribution in [0.3, 0.4) is 0 Å². The zero-order chi connectivity index (χ0) is 20.2. The highest BCUT2D eigenvalue weighted by atomic mass is 79.9. The van der Waals surface area contributed by atoms with Crippen molar-refractivity contribution in [3.63, 3.8) is 0 Å². The SMILES string of the molecule is O=C(Nc1ccccc1Br)c1ccc(OCC(F)(F)C(F)F)c([N+](=O)[O-])c1. The number of carbonyl (C=O) groups is 1. The molecule has 0 aliphatic heterocycles. The molecule has 0 aliphatic rings. The van der Waals surface area contributed by atoms with Gasteiger partial charge in [-0.25, -0.2) is 8.78 Å². The van der Waals surface area contributed by atoms with Crippen molar-refractivity contribution in [3.05, 3.63) is 62.6 Å². The lowest BCUT2D eigenvalue weighted by Gasteiger charge is -2.16.